The molecule has 5 nitrogen and oxygen atoms in total. The molecule has 3 N–H and O–H groups in total. The molecule has 19 heavy (non-hydrogen) atoms. The lowest BCUT2D eigenvalue weighted by molar-refractivity contribution is -0.0392. The molecule has 0 heterocycles. The van der Waals surface area contributed by atoms with Crippen LogP contribution in [-0.4, -0.2) is 39.7 Å². The van der Waals surface area contributed by atoms with Crippen molar-refractivity contribution in [1.82, 2.24) is 5.32 Å². The van der Waals surface area contributed by atoms with Gasteiger partial charge in [0.05, 0.1) is 11.6 Å². The fourth-order valence-corrected chi connectivity index (χ4v) is 3.82. The Balaban J connectivity index is 2.20. The van der Waals surface area contributed by atoms with Crippen LogP contribution in [0.5, 0.6) is 0 Å². The van der Waals surface area contributed by atoms with Gasteiger partial charge in [-0.2, -0.15) is 0 Å². The van der Waals surface area contributed by atoms with E-state index in [9.17, 15) is 15.0 Å². The molecule has 1 amide bonds. The maximum atomic E-state index is 12.0. The summed E-state index contributed by atoms with van der Waals surface area (Å²) in [5, 5.41) is 23.2. The second kappa shape index (κ2) is 4.09. The van der Waals surface area contributed by atoms with E-state index < -0.39 is 29.4 Å². The van der Waals surface area contributed by atoms with Crippen LogP contribution in [0.4, 0.5) is 4.79 Å². The van der Waals surface area contributed by atoms with E-state index >= 15 is 0 Å². The first-order valence-electron chi connectivity index (χ1n) is 6.88. The normalized spacial score (nSPS) is 40.3. The predicted molar refractivity (Wildman–Crippen MR) is 70.6 cm³/mol. The van der Waals surface area contributed by atoms with Crippen LogP contribution in [0.3, 0.4) is 0 Å². The summed E-state index contributed by atoms with van der Waals surface area (Å²) in [7, 11) is 0. The van der Waals surface area contributed by atoms with Crippen LogP contribution in [0.2, 0.25) is 0 Å². The summed E-state index contributed by atoms with van der Waals surface area (Å²) in [6.07, 6.45) is -0.773. The van der Waals surface area contributed by atoms with Crippen molar-refractivity contribution in [2.24, 2.45) is 11.3 Å². The Morgan fingerprint density at radius 1 is 1.32 bits per heavy atom. The monoisotopic (exact) mass is 271 g/mol. The van der Waals surface area contributed by atoms with Crippen LogP contribution < -0.4 is 5.32 Å². The Labute approximate surface area is 114 Å². The van der Waals surface area contributed by atoms with Gasteiger partial charge in [-0.25, -0.2) is 4.79 Å². The van der Waals surface area contributed by atoms with Gasteiger partial charge in [-0.15, -0.1) is 0 Å². The van der Waals surface area contributed by atoms with Gasteiger partial charge in [-0.1, -0.05) is 13.8 Å². The molecule has 0 aromatic carbocycles. The molecule has 0 saturated heterocycles. The third-order valence-electron chi connectivity index (χ3n) is 4.89. The molecule has 0 aliphatic heterocycles. The topological polar surface area (TPSA) is 78.8 Å². The zero-order valence-corrected chi connectivity index (χ0v) is 12.4. The van der Waals surface area contributed by atoms with Crippen molar-refractivity contribution in [1.29, 1.82) is 0 Å². The lowest BCUT2D eigenvalue weighted by Crippen LogP contribution is -2.61. The largest absolute Gasteiger partial charge is 0.444 e. The van der Waals surface area contributed by atoms with E-state index in [1.165, 1.54) is 0 Å². The third-order valence-corrected chi connectivity index (χ3v) is 4.89. The van der Waals surface area contributed by atoms with E-state index in [1.54, 1.807) is 20.8 Å². The summed E-state index contributed by atoms with van der Waals surface area (Å²) in [6.45, 7) is 9.37. The molecule has 2 aliphatic carbocycles. The summed E-state index contributed by atoms with van der Waals surface area (Å²) in [4.78, 5) is 12.0. The zero-order valence-electron chi connectivity index (χ0n) is 12.4. The first-order chi connectivity index (χ1) is 8.51. The Bertz CT molecular complexity index is 387. The molecule has 0 unspecified atom stereocenters. The van der Waals surface area contributed by atoms with Gasteiger partial charge in [0.1, 0.15) is 11.7 Å². The van der Waals surface area contributed by atoms with Crippen molar-refractivity contribution in [3.8, 4) is 0 Å². The molecule has 2 bridgehead atoms. The van der Waals surface area contributed by atoms with Gasteiger partial charge >= 0.3 is 6.09 Å². The molecule has 4 atom stereocenters. The highest BCUT2D eigenvalue weighted by molar-refractivity contribution is 5.69. The van der Waals surface area contributed by atoms with E-state index in [1.807, 2.05) is 13.8 Å². The van der Waals surface area contributed by atoms with Gasteiger partial charge in [0, 0.05) is 0 Å². The maximum Gasteiger partial charge on any atom is 0.408 e. The van der Waals surface area contributed by atoms with Crippen LogP contribution >= 0.6 is 0 Å². The van der Waals surface area contributed by atoms with Gasteiger partial charge in [0.2, 0.25) is 0 Å². The molecule has 0 aromatic rings. The first-order valence-corrected chi connectivity index (χ1v) is 6.88. The fraction of sp³-hybridized carbons (Fsp3) is 0.929. The van der Waals surface area contributed by atoms with Gasteiger partial charge in [0.15, 0.2) is 0 Å². The van der Waals surface area contributed by atoms with E-state index in [4.69, 9.17) is 4.74 Å². The Morgan fingerprint density at radius 2 is 1.89 bits per heavy atom. The number of nitrogens with one attached hydrogen (secondary N) is 1. The number of hydrogen-bond donors (Lipinski definition) is 3. The molecule has 110 valence electrons. The average molecular weight is 271 g/mol. The van der Waals surface area contributed by atoms with E-state index in [2.05, 4.69) is 5.32 Å². The summed E-state index contributed by atoms with van der Waals surface area (Å²) in [6, 6.07) is 0. The number of fused-ring (bicyclic) bond motifs is 2. The summed E-state index contributed by atoms with van der Waals surface area (Å²) >= 11 is 0. The Morgan fingerprint density at radius 3 is 2.32 bits per heavy atom. The van der Waals surface area contributed by atoms with Crippen molar-refractivity contribution in [2.45, 2.75) is 70.8 Å². The Hall–Kier alpha value is -0.810. The van der Waals surface area contributed by atoms with Gasteiger partial charge in [-0.05, 0) is 44.9 Å². The number of carbonyl (C=O) groups is 1. The molecule has 2 aliphatic rings. The van der Waals surface area contributed by atoms with E-state index in [-0.39, 0.29) is 11.3 Å². The number of aliphatic hydroxyl groups excluding tert-OH is 2. The van der Waals surface area contributed by atoms with Crippen molar-refractivity contribution < 1.29 is 19.7 Å². The molecular formula is C14H25NO4. The van der Waals surface area contributed by atoms with Crippen molar-refractivity contribution in [3.63, 3.8) is 0 Å². The molecule has 0 radical (unpaired) electrons. The molecular weight excluding hydrogens is 246 g/mol. The highest BCUT2D eigenvalue weighted by Gasteiger charge is 2.69. The number of alkyl carbamates (subject to hydrolysis) is 1. The first kappa shape index (κ1) is 14.6. The van der Waals surface area contributed by atoms with Crippen LogP contribution in [-0.2, 0) is 4.74 Å². The highest BCUT2D eigenvalue weighted by atomic mass is 16.6. The van der Waals surface area contributed by atoms with Gasteiger partial charge < -0.3 is 20.3 Å². The third kappa shape index (κ3) is 2.03. The lowest BCUT2D eigenvalue weighted by Gasteiger charge is -2.41. The maximum absolute atomic E-state index is 12.0. The summed E-state index contributed by atoms with van der Waals surface area (Å²) < 4.78 is 5.28. The average Bonchev–Trinajstić information content (AvgIpc) is 2.51. The minimum Gasteiger partial charge on any atom is -0.444 e. The van der Waals surface area contributed by atoms with Gasteiger partial charge in [0.25, 0.3) is 0 Å². The quantitative estimate of drug-likeness (QED) is 0.674. The second-order valence-electron chi connectivity index (χ2n) is 7.40. The lowest BCUT2D eigenvalue weighted by atomic mass is 9.75. The number of aliphatic hydroxyl groups is 2. The van der Waals surface area contributed by atoms with Crippen LogP contribution in [0, 0.1) is 11.3 Å². The zero-order chi connectivity index (χ0) is 14.6. The number of rotatable bonds is 1. The summed E-state index contributed by atoms with van der Waals surface area (Å²) in [5.41, 5.74) is -1.72. The van der Waals surface area contributed by atoms with E-state index in [0.717, 1.165) is 6.42 Å². The molecule has 2 rings (SSSR count). The van der Waals surface area contributed by atoms with Crippen molar-refractivity contribution in [2.75, 3.05) is 0 Å². The van der Waals surface area contributed by atoms with Crippen LogP contribution in [0.1, 0.15) is 47.5 Å². The minimum absolute atomic E-state index is 0.0115. The molecule has 0 spiro atoms. The van der Waals surface area contributed by atoms with Crippen LogP contribution in [0.25, 0.3) is 0 Å². The standard InChI is InChI=1S/C14H25NO4/c1-12(2,3)19-11(18)15-14-7-6-8(13(14,4)5)9(16)10(14)17/h8-10,16-17H,6-7H2,1-5H3,(H,15,18)/t8-,9-,10-,14+/m1/s1. The minimum atomic E-state index is -0.936. The summed E-state index contributed by atoms with van der Waals surface area (Å²) in [5.74, 6) is 0.0115. The molecule has 2 fully saturated rings. The molecule has 0 aromatic heterocycles. The van der Waals surface area contributed by atoms with Crippen molar-refractivity contribution >= 4 is 6.09 Å². The SMILES string of the molecule is CC(C)(C)OC(=O)N[C@@]12CC[C@H]([C@@H](O)[C@H]1O)C2(C)C. The predicted octanol–water partition coefficient (Wildman–Crippen LogP) is 1.42. The van der Waals surface area contributed by atoms with E-state index in [0.29, 0.717) is 6.42 Å². The molecule has 2 saturated carbocycles. The van der Waals surface area contributed by atoms with Gasteiger partial charge in [-0.3, -0.25) is 0 Å². The van der Waals surface area contributed by atoms with Crippen molar-refractivity contribution in [3.05, 3.63) is 0 Å². The van der Waals surface area contributed by atoms with Crippen LogP contribution in [0.15, 0.2) is 0 Å². The smallest absolute Gasteiger partial charge is 0.408 e. The fourth-order valence-electron chi connectivity index (χ4n) is 3.82. The number of carbonyl (C=O) groups excluding carboxylic acids is 1. The Kier molecular flexibility index (Phi) is 3.14. The number of amides is 1. The second-order valence-corrected chi connectivity index (χ2v) is 7.40. The number of hydrogen-bond acceptors (Lipinski definition) is 4. The highest BCUT2D eigenvalue weighted by Crippen LogP contribution is 2.60. The number of ether oxygens (including phenoxy) is 1. The molecule has 5 heteroatoms.